The highest BCUT2D eigenvalue weighted by Crippen LogP contribution is 2.26. The Bertz CT molecular complexity index is 562. The molecule has 2 aromatic rings. The van der Waals surface area contributed by atoms with E-state index in [1.54, 1.807) is 24.4 Å². The fraction of sp³-hybridized carbons (Fsp3) is 0.154. The molecule has 1 heterocycles. The summed E-state index contributed by atoms with van der Waals surface area (Å²) in [5, 5.41) is 10.0. The lowest BCUT2D eigenvalue weighted by Gasteiger charge is -2.13. The molecular formula is C13H12ClFN2O. The maximum absolute atomic E-state index is 13.7. The highest BCUT2D eigenvalue weighted by atomic mass is 35.5. The molecule has 3 N–H and O–H groups in total. The van der Waals surface area contributed by atoms with Crippen molar-refractivity contribution in [1.29, 1.82) is 0 Å². The van der Waals surface area contributed by atoms with Gasteiger partial charge in [0, 0.05) is 18.2 Å². The van der Waals surface area contributed by atoms with Crippen molar-refractivity contribution in [2.24, 2.45) is 0 Å². The highest BCUT2D eigenvalue weighted by Gasteiger charge is 2.16. The molecule has 0 aliphatic rings. The topological polar surface area (TPSA) is 59.1 Å². The molecule has 1 aromatic carbocycles. The van der Waals surface area contributed by atoms with Crippen LogP contribution in [-0.2, 0) is 6.42 Å². The molecule has 1 atom stereocenters. The van der Waals surface area contributed by atoms with Gasteiger partial charge in [-0.25, -0.2) is 9.37 Å². The summed E-state index contributed by atoms with van der Waals surface area (Å²) in [4.78, 5) is 3.91. The Morgan fingerprint density at radius 1 is 1.33 bits per heavy atom. The van der Waals surface area contributed by atoms with E-state index in [9.17, 15) is 9.50 Å². The van der Waals surface area contributed by atoms with E-state index in [0.717, 1.165) is 0 Å². The first-order valence-corrected chi connectivity index (χ1v) is 5.78. The van der Waals surface area contributed by atoms with Gasteiger partial charge >= 0.3 is 0 Å². The molecule has 3 nitrogen and oxygen atoms in total. The number of pyridine rings is 1. The van der Waals surface area contributed by atoms with Gasteiger partial charge < -0.3 is 10.8 Å². The van der Waals surface area contributed by atoms with Crippen LogP contribution in [0.1, 0.15) is 17.2 Å². The molecule has 0 saturated heterocycles. The number of aliphatic hydroxyl groups excluding tert-OH is 1. The number of rotatable bonds is 3. The lowest BCUT2D eigenvalue weighted by molar-refractivity contribution is 0.173. The van der Waals surface area contributed by atoms with E-state index in [1.165, 1.54) is 12.1 Å². The van der Waals surface area contributed by atoms with Gasteiger partial charge in [-0.15, -0.1) is 0 Å². The van der Waals surface area contributed by atoms with Gasteiger partial charge in [0.15, 0.2) is 0 Å². The van der Waals surface area contributed by atoms with Crippen LogP contribution in [0.4, 0.5) is 10.2 Å². The van der Waals surface area contributed by atoms with Crippen molar-refractivity contribution >= 4 is 17.4 Å². The monoisotopic (exact) mass is 266 g/mol. The van der Waals surface area contributed by atoms with Crippen molar-refractivity contribution < 1.29 is 9.50 Å². The molecule has 5 heteroatoms. The quantitative estimate of drug-likeness (QED) is 0.898. The molecule has 0 spiro atoms. The molecule has 0 radical (unpaired) electrons. The summed E-state index contributed by atoms with van der Waals surface area (Å²) in [6.45, 7) is 0. The van der Waals surface area contributed by atoms with Crippen LogP contribution in [0.3, 0.4) is 0 Å². The number of nitrogens with two attached hydrogens (primary N) is 1. The number of hydrogen-bond donors (Lipinski definition) is 2. The van der Waals surface area contributed by atoms with Gasteiger partial charge in [0.2, 0.25) is 0 Å². The minimum absolute atomic E-state index is 0.00860. The van der Waals surface area contributed by atoms with Crippen LogP contribution in [-0.4, -0.2) is 10.1 Å². The molecule has 1 unspecified atom stereocenters. The Balaban J connectivity index is 2.25. The number of aliphatic hydroxyl groups is 1. The summed E-state index contributed by atoms with van der Waals surface area (Å²) in [6.07, 6.45) is 0.748. The summed E-state index contributed by atoms with van der Waals surface area (Å²) in [5.74, 6) is -0.270. The Kier molecular flexibility index (Phi) is 3.79. The van der Waals surface area contributed by atoms with Gasteiger partial charge in [-0.2, -0.15) is 0 Å². The van der Waals surface area contributed by atoms with Crippen molar-refractivity contribution in [3.8, 4) is 0 Å². The zero-order valence-corrected chi connectivity index (χ0v) is 10.2. The lowest BCUT2D eigenvalue weighted by Crippen LogP contribution is -2.07. The maximum atomic E-state index is 13.7. The first-order valence-electron chi connectivity index (χ1n) is 5.41. The van der Waals surface area contributed by atoms with E-state index in [0.29, 0.717) is 11.4 Å². The van der Waals surface area contributed by atoms with Crippen LogP contribution in [0.5, 0.6) is 0 Å². The van der Waals surface area contributed by atoms with E-state index in [1.807, 2.05) is 0 Å². The van der Waals surface area contributed by atoms with Crippen molar-refractivity contribution in [3.63, 3.8) is 0 Å². The number of benzene rings is 1. The Hall–Kier alpha value is -1.65. The van der Waals surface area contributed by atoms with E-state index in [2.05, 4.69) is 4.98 Å². The molecule has 2 rings (SSSR count). The minimum atomic E-state index is -1.00. The van der Waals surface area contributed by atoms with Gasteiger partial charge in [0.05, 0.1) is 11.1 Å². The standard InChI is InChI=1S/C13H12ClFN2O/c14-10-5-1-4-9(12(10)15)11(18)7-8-3-2-6-17-13(8)16/h1-6,11,18H,7H2,(H2,16,17). The van der Waals surface area contributed by atoms with Gasteiger partial charge in [0.1, 0.15) is 11.6 Å². The SMILES string of the molecule is Nc1ncccc1CC(O)c1cccc(Cl)c1F. The number of halogens is 2. The molecule has 0 aliphatic heterocycles. The maximum Gasteiger partial charge on any atom is 0.147 e. The van der Waals surface area contributed by atoms with Crippen LogP contribution >= 0.6 is 11.6 Å². The molecule has 1 aromatic heterocycles. The van der Waals surface area contributed by atoms with Crippen LogP contribution in [0, 0.1) is 5.82 Å². The van der Waals surface area contributed by atoms with Gasteiger partial charge in [-0.1, -0.05) is 29.8 Å². The summed E-state index contributed by atoms with van der Waals surface area (Å²) < 4.78 is 13.7. The molecule has 0 fully saturated rings. The fourth-order valence-electron chi connectivity index (χ4n) is 1.72. The molecular weight excluding hydrogens is 255 g/mol. The second kappa shape index (κ2) is 5.33. The Labute approximate surface area is 109 Å². The molecule has 0 bridgehead atoms. The second-order valence-electron chi connectivity index (χ2n) is 3.91. The number of aromatic nitrogens is 1. The largest absolute Gasteiger partial charge is 0.388 e. The smallest absolute Gasteiger partial charge is 0.147 e. The summed E-state index contributed by atoms with van der Waals surface area (Å²) in [7, 11) is 0. The Morgan fingerprint density at radius 2 is 2.11 bits per heavy atom. The van der Waals surface area contributed by atoms with Crippen molar-refractivity contribution in [1.82, 2.24) is 4.98 Å². The number of hydrogen-bond acceptors (Lipinski definition) is 3. The third-order valence-electron chi connectivity index (χ3n) is 2.68. The van der Waals surface area contributed by atoms with Crippen molar-refractivity contribution in [3.05, 3.63) is 58.5 Å². The number of nitrogens with zero attached hydrogens (tertiary/aromatic N) is 1. The zero-order chi connectivity index (χ0) is 13.1. The third kappa shape index (κ3) is 2.60. The predicted molar refractivity (Wildman–Crippen MR) is 68.7 cm³/mol. The van der Waals surface area contributed by atoms with Gasteiger partial charge in [0.25, 0.3) is 0 Å². The fourth-order valence-corrected chi connectivity index (χ4v) is 1.90. The summed E-state index contributed by atoms with van der Waals surface area (Å²) in [6, 6.07) is 7.99. The minimum Gasteiger partial charge on any atom is -0.388 e. The van der Waals surface area contributed by atoms with Crippen LogP contribution in [0.25, 0.3) is 0 Å². The van der Waals surface area contributed by atoms with Crippen molar-refractivity contribution in [2.75, 3.05) is 5.73 Å². The molecule has 94 valence electrons. The molecule has 0 amide bonds. The zero-order valence-electron chi connectivity index (χ0n) is 9.48. The first-order chi connectivity index (χ1) is 8.59. The predicted octanol–water partition coefficient (Wildman–Crippen LogP) is 2.73. The molecule has 0 saturated carbocycles. The normalized spacial score (nSPS) is 12.4. The summed E-state index contributed by atoms with van der Waals surface area (Å²) >= 11 is 5.67. The van der Waals surface area contributed by atoms with E-state index in [-0.39, 0.29) is 17.0 Å². The number of nitrogen functional groups attached to an aromatic ring is 1. The second-order valence-corrected chi connectivity index (χ2v) is 4.32. The van der Waals surface area contributed by atoms with Crippen molar-refractivity contribution in [2.45, 2.75) is 12.5 Å². The van der Waals surface area contributed by atoms with E-state index in [4.69, 9.17) is 17.3 Å². The van der Waals surface area contributed by atoms with Gasteiger partial charge in [-0.3, -0.25) is 0 Å². The van der Waals surface area contributed by atoms with Crippen LogP contribution in [0.15, 0.2) is 36.5 Å². The third-order valence-corrected chi connectivity index (χ3v) is 2.97. The highest BCUT2D eigenvalue weighted by molar-refractivity contribution is 6.30. The molecule has 0 aliphatic carbocycles. The average molecular weight is 267 g/mol. The Morgan fingerprint density at radius 3 is 2.83 bits per heavy atom. The number of anilines is 1. The van der Waals surface area contributed by atoms with Crippen LogP contribution in [0.2, 0.25) is 5.02 Å². The molecule has 18 heavy (non-hydrogen) atoms. The summed E-state index contributed by atoms with van der Waals surface area (Å²) in [5.41, 5.74) is 6.50. The lowest BCUT2D eigenvalue weighted by atomic mass is 10.0. The van der Waals surface area contributed by atoms with E-state index >= 15 is 0 Å². The van der Waals surface area contributed by atoms with E-state index < -0.39 is 11.9 Å². The average Bonchev–Trinajstić information content (AvgIpc) is 2.35. The first kappa shape index (κ1) is 12.8. The van der Waals surface area contributed by atoms with Gasteiger partial charge in [-0.05, 0) is 17.7 Å². The van der Waals surface area contributed by atoms with Crippen LogP contribution < -0.4 is 5.73 Å².